The smallest absolute Gasteiger partial charge is 0.374 e. The first-order valence-electron chi connectivity index (χ1n) is 7.65. The van der Waals surface area contributed by atoms with Gasteiger partial charge in [0.1, 0.15) is 6.61 Å². The van der Waals surface area contributed by atoms with Crippen LogP contribution in [0.25, 0.3) is 15.9 Å². The maximum absolute atomic E-state index is 13.8. The average molecular weight is 373 g/mol. The fraction of sp³-hybridized carbons (Fsp3) is 0.176. The molecule has 0 saturated carbocycles. The summed E-state index contributed by atoms with van der Waals surface area (Å²) in [5.74, 6) is -1.33. The van der Waals surface area contributed by atoms with Crippen molar-refractivity contribution in [2.24, 2.45) is 0 Å². The van der Waals surface area contributed by atoms with Crippen molar-refractivity contribution in [1.29, 1.82) is 0 Å². The summed E-state index contributed by atoms with van der Waals surface area (Å²) in [7, 11) is 0. The summed E-state index contributed by atoms with van der Waals surface area (Å²) in [6.07, 6.45) is 0. The van der Waals surface area contributed by atoms with E-state index in [-0.39, 0.29) is 23.5 Å². The molecule has 0 aliphatic carbocycles. The number of aryl methyl sites for hydroxylation is 2. The monoisotopic (exact) mass is 373 g/mol. The van der Waals surface area contributed by atoms with Crippen molar-refractivity contribution in [1.82, 2.24) is 14.6 Å². The van der Waals surface area contributed by atoms with E-state index >= 15 is 0 Å². The van der Waals surface area contributed by atoms with Gasteiger partial charge in [0.2, 0.25) is 10.7 Å². The van der Waals surface area contributed by atoms with Crippen molar-refractivity contribution in [3.8, 4) is 0 Å². The molecule has 132 valence electrons. The number of aromatic nitrogens is 3. The lowest BCUT2D eigenvalue weighted by Crippen LogP contribution is -2.14. The molecule has 0 saturated heterocycles. The van der Waals surface area contributed by atoms with Gasteiger partial charge < -0.3 is 9.15 Å². The lowest BCUT2D eigenvalue weighted by atomic mass is 10.1. The number of para-hydroxylation sites is 1. The number of benzene rings is 1. The molecule has 0 fully saturated rings. The molecular weight excluding hydrogens is 361 g/mol. The molecule has 4 rings (SSSR count). The van der Waals surface area contributed by atoms with Crippen molar-refractivity contribution < 1.29 is 18.3 Å². The Balaban J connectivity index is 1.60. The van der Waals surface area contributed by atoms with Gasteiger partial charge in [0, 0.05) is 22.7 Å². The van der Waals surface area contributed by atoms with E-state index in [0.29, 0.717) is 26.6 Å². The number of hydrogen-bond acceptors (Lipinski definition) is 7. The van der Waals surface area contributed by atoms with Gasteiger partial charge in [-0.2, -0.15) is 9.61 Å². The summed E-state index contributed by atoms with van der Waals surface area (Å²) in [4.78, 5) is 28.8. The van der Waals surface area contributed by atoms with E-state index in [9.17, 15) is 14.0 Å². The molecule has 0 bridgehead atoms. The first-order valence-corrected chi connectivity index (χ1v) is 8.47. The van der Waals surface area contributed by atoms with Crippen molar-refractivity contribution in [3.63, 3.8) is 0 Å². The minimum atomic E-state index is -0.728. The third-order valence-corrected chi connectivity index (χ3v) is 4.72. The van der Waals surface area contributed by atoms with E-state index in [1.165, 1.54) is 12.1 Å². The molecular formula is C17H12FN3O4S. The van der Waals surface area contributed by atoms with Gasteiger partial charge in [-0.15, -0.1) is 0 Å². The second kappa shape index (κ2) is 6.03. The summed E-state index contributed by atoms with van der Waals surface area (Å²) in [5, 5.41) is 5.02. The highest BCUT2D eigenvalue weighted by Crippen LogP contribution is 2.28. The predicted molar refractivity (Wildman–Crippen MR) is 91.9 cm³/mol. The van der Waals surface area contributed by atoms with E-state index in [4.69, 9.17) is 9.15 Å². The van der Waals surface area contributed by atoms with Gasteiger partial charge in [0.25, 0.3) is 5.56 Å². The number of furan rings is 1. The number of carbonyl (C=O) groups excluding carboxylic acids is 1. The van der Waals surface area contributed by atoms with Crippen LogP contribution in [0.2, 0.25) is 0 Å². The van der Waals surface area contributed by atoms with Crippen molar-refractivity contribution in [2.75, 3.05) is 0 Å². The molecule has 4 aromatic rings. The first kappa shape index (κ1) is 16.4. The Hall–Kier alpha value is -3.07. The Labute approximate surface area is 149 Å². The third-order valence-electron chi connectivity index (χ3n) is 3.84. The molecule has 26 heavy (non-hydrogen) atoms. The molecule has 7 nitrogen and oxygen atoms in total. The van der Waals surface area contributed by atoms with Gasteiger partial charge in [0.05, 0.1) is 0 Å². The van der Waals surface area contributed by atoms with Crippen LogP contribution in [0.3, 0.4) is 0 Å². The molecule has 0 spiro atoms. The van der Waals surface area contributed by atoms with Crippen LogP contribution in [0.15, 0.2) is 33.5 Å². The van der Waals surface area contributed by atoms with Crippen LogP contribution in [0, 0.1) is 19.7 Å². The van der Waals surface area contributed by atoms with Crippen molar-refractivity contribution in [3.05, 3.63) is 62.5 Å². The first-order chi connectivity index (χ1) is 12.4. The lowest BCUT2D eigenvalue weighted by molar-refractivity contribution is 0.0436. The van der Waals surface area contributed by atoms with Gasteiger partial charge in [-0.3, -0.25) is 4.79 Å². The fourth-order valence-corrected chi connectivity index (χ4v) is 3.47. The van der Waals surface area contributed by atoms with Crippen LogP contribution in [0.5, 0.6) is 0 Å². The zero-order valence-corrected chi connectivity index (χ0v) is 14.6. The predicted octanol–water partition coefficient (Wildman–Crippen LogP) is 3.01. The maximum atomic E-state index is 13.8. The van der Waals surface area contributed by atoms with Crippen LogP contribution < -0.4 is 5.56 Å². The Morgan fingerprint density at radius 3 is 2.96 bits per heavy atom. The molecule has 0 radical (unpaired) electrons. The number of rotatable bonds is 3. The number of fused-ring (bicyclic) bond motifs is 2. The minimum Gasteiger partial charge on any atom is -0.452 e. The number of carbonyl (C=O) groups is 1. The quantitative estimate of drug-likeness (QED) is 0.513. The zero-order chi connectivity index (χ0) is 18.4. The Morgan fingerprint density at radius 1 is 1.38 bits per heavy atom. The summed E-state index contributed by atoms with van der Waals surface area (Å²) in [6.45, 7) is 3.22. The highest BCUT2D eigenvalue weighted by Gasteiger charge is 2.21. The van der Waals surface area contributed by atoms with E-state index in [1.807, 2.05) is 0 Å². The molecule has 0 aliphatic heterocycles. The molecule has 3 aromatic heterocycles. The molecule has 0 aliphatic rings. The highest BCUT2D eigenvalue weighted by molar-refractivity contribution is 7.16. The standard InChI is InChI=1S/C17H12FN3O4S/c1-8-6-13(22)21-17(19-8)26-12(20-21)7-24-16(23)14-9(2)10-4-3-5-11(18)15(10)25-14/h3-6H,7H2,1-2H3. The van der Waals surface area contributed by atoms with Crippen LogP contribution >= 0.6 is 11.3 Å². The molecule has 9 heteroatoms. The van der Waals surface area contributed by atoms with E-state index in [0.717, 1.165) is 15.9 Å². The second-order valence-electron chi connectivity index (χ2n) is 5.67. The summed E-state index contributed by atoms with van der Waals surface area (Å²) < 4.78 is 25.5. The summed E-state index contributed by atoms with van der Waals surface area (Å²) in [5.41, 5.74) is 0.803. The van der Waals surface area contributed by atoms with Crippen LogP contribution in [-0.2, 0) is 11.3 Å². The number of nitrogens with zero attached hydrogens (tertiary/aromatic N) is 3. The molecule has 0 atom stereocenters. The number of halogens is 1. The van der Waals surface area contributed by atoms with E-state index < -0.39 is 11.8 Å². The zero-order valence-electron chi connectivity index (χ0n) is 13.8. The van der Waals surface area contributed by atoms with Crippen molar-refractivity contribution >= 4 is 33.2 Å². The van der Waals surface area contributed by atoms with Crippen molar-refractivity contribution in [2.45, 2.75) is 20.5 Å². The topological polar surface area (TPSA) is 86.7 Å². The van der Waals surface area contributed by atoms with Gasteiger partial charge in [-0.1, -0.05) is 23.5 Å². The number of ether oxygens (including phenoxy) is 1. The molecule has 0 unspecified atom stereocenters. The Morgan fingerprint density at radius 2 is 2.19 bits per heavy atom. The third kappa shape index (κ3) is 2.66. The molecule has 0 amide bonds. The highest BCUT2D eigenvalue weighted by atomic mass is 32.1. The summed E-state index contributed by atoms with van der Waals surface area (Å²) >= 11 is 1.15. The van der Waals surface area contributed by atoms with E-state index in [1.54, 1.807) is 26.0 Å². The molecule has 0 N–H and O–H groups in total. The largest absolute Gasteiger partial charge is 0.452 e. The van der Waals surface area contributed by atoms with Crippen LogP contribution in [-0.4, -0.2) is 20.6 Å². The second-order valence-corrected chi connectivity index (χ2v) is 6.72. The minimum absolute atomic E-state index is 0.0168. The van der Waals surface area contributed by atoms with Gasteiger partial charge in [-0.05, 0) is 19.9 Å². The number of hydrogen-bond donors (Lipinski definition) is 0. The van der Waals surface area contributed by atoms with Crippen LogP contribution in [0.1, 0.15) is 26.8 Å². The van der Waals surface area contributed by atoms with Crippen LogP contribution in [0.4, 0.5) is 4.39 Å². The fourth-order valence-electron chi connectivity index (χ4n) is 2.61. The molecule has 1 aromatic carbocycles. The Bertz CT molecular complexity index is 1220. The maximum Gasteiger partial charge on any atom is 0.374 e. The van der Waals surface area contributed by atoms with E-state index in [2.05, 4.69) is 10.1 Å². The van der Waals surface area contributed by atoms with Gasteiger partial charge in [-0.25, -0.2) is 14.2 Å². The summed E-state index contributed by atoms with van der Waals surface area (Å²) in [6, 6.07) is 5.84. The Kier molecular flexibility index (Phi) is 3.80. The lowest BCUT2D eigenvalue weighted by Gasteiger charge is -2.00. The SMILES string of the molecule is Cc1cc(=O)n2nc(COC(=O)c3oc4c(F)cccc4c3C)sc2n1. The average Bonchev–Trinajstić information content (AvgIpc) is 3.15. The van der Waals surface area contributed by atoms with Gasteiger partial charge in [0.15, 0.2) is 16.4 Å². The number of esters is 1. The van der Waals surface area contributed by atoms with Gasteiger partial charge >= 0.3 is 5.97 Å². The molecule has 3 heterocycles. The normalized spacial score (nSPS) is 11.3.